The van der Waals surface area contributed by atoms with Gasteiger partial charge in [0.1, 0.15) is 5.78 Å². The average molecular weight is 459 g/mol. The van der Waals surface area contributed by atoms with Crippen molar-refractivity contribution >= 4 is 5.78 Å². The summed E-state index contributed by atoms with van der Waals surface area (Å²) in [5.74, 6) is 0.984. The Bertz CT molecular complexity index is 771. The van der Waals surface area contributed by atoms with Gasteiger partial charge in [-0.05, 0) is 95.8 Å². The van der Waals surface area contributed by atoms with Gasteiger partial charge in [-0.15, -0.1) is 0 Å². The van der Waals surface area contributed by atoms with Crippen molar-refractivity contribution < 1.29 is 15.0 Å². The van der Waals surface area contributed by atoms with Crippen LogP contribution in [0.4, 0.5) is 0 Å². The second-order valence-electron chi connectivity index (χ2n) is 12.0. The standard InChI is InChI=1S/C30H50O3/c1-22(13-9-14-24(3)21-31)11-8-12-23(2)15-10-18-30(33)20-16-26-28(5,6)27(32)17-19-29(26,7)25(30)4/h11,14-15,25-26,31,33H,8-10,12-13,16-21H2,1-7H3. The minimum atomic E-state index is -0.630. The summed E-state index contributed by atoms with van der Waals surface area (Å²) in [6.45, 7) is 15.3. The Hall–Kier alpha value is -1.19. The highest BCUT2D eigenvalue weighted by Crippen LogP contribution is 2.61. The van der Waals surface area contributed by atoms with E-state index >= 15 is 0 Å². The van der Waals surface area contributed by atoms with Gasteiger partial charge in [0, 0.05) is 11.8 Å². The molecule has 3 nitrogen and oxygen atoms in total. The first-order chi connectivity index (χ1) is 15.4. The summed E-state index contributed by atoms with van der Waals surface area (Å²) in [6.07, 6.45) is 16.0. The molecule has 2 aliphatic carbocycles. The van der Waals surface area contributed by atoms with Crippen molar-refractivity contribution in [2.75, 3.05) is 6.61 Å². The number of hydrogen-bond acceptors (Lipinski definition) is 3. The second-order valence-corrected chi connectivity index (χ2v) is 12.0. The molecule has 33 heavy (non-hydrogen) atoms. The van der Waals surface area contributed by atoms with Crippen LogP contribution >= 0.6 is 0 Å². The van der Waals surface area contributed by atoms with E-state index in [4.69, 9.17) is 5.11 Å². The summed E-state index contributed by atoms with van der Waals surface area (Å²) in [7, 11) is 0. The predicted molar refractivity (Wildman–Crippen MR) is 139 cm³/mol. The first-order valence-corrected chi connectivity index (χ1v) is 13.2. The number of aliphatic hydroxyl groups is 2. The monoisotopic (exact) mass is 458 g/mol. The molecule has 0 radical (unpaired) electrons. The number of aliphatic hydroxyl groups excluding tert-OH is 1. The van der Waals surface area contributed by atoms with E-state index in [1.807, 2.05) is 6.92 Å². The smallest absolute Gasteiger partial charge is 0.138 e. The Morgan fingerprint density at radius 2 is 1.48 bits per heavy atom. The van der Waals surface area contributed by atoms with E-state index in [2.05, 4.69) is 59.8 Å². The van der Waals surface area contributed by atoms with Crippen molar-refractivity contribution in [2.24, 2.45) is 22.7 Å². The van der Waals surface area contributed by atoms with E-state index in [1.165, 1.54) is 11.1 Å². The van der Waals surface area contributed by atoms with Gasteiger partial charge in [0.2, 0.25) is 0 Å². The van der Waals surface area contributed by atoms with Gasteiger partial charge in [0.05, 0.1) is 12.2 Å². The fourth-order valence-electron chi connectivity index (χ4n) is 6.60. The van der Waals surface area contributed by atoms with Crippen molar-refractivity contribution in [1.29, 1.82) is 0 Å². The molecule has 0 aromatic carbocycles. The third kappa shape index (κ3) is 6.69. The molecule has 0 aromatic heterocycles. The maximum absolute atomic E-state index is 12.6. The number of hydrogen-bond donors (Lipinski definition) is 2. The van der Waals surface area contributed by atoms with Crippen LogP contribution in [-0.2, 0) is 4.79 Å². The topological polar surface area (TPSA) is 57.5 Å². The van der Waals surface area contributed by atoms with Gasteiger partial charge in [-0.25, -0.2) is 0 Å². The van der Waals surface area contributed by atoms with Crippen molar-refractivity contribution in [3.8, 4) is 0 Å². The summed E-state index contributed by atoms with van der Waals surface area (Å²) in [5, 5.41) is 20.7. The minimum absolute atomic E-state index is 0.0381. The highest BCUT2D eigenvalue weighted by atomic mass is 16.3. The molecule has 2 rings (SSSR count). The van der Waals surface area contributed by atoms with Gasteiger partial charge < -0.3 is 10.2 Å². The summed E-state index contributed by atoms with van der Waals surface area (Å²) in [5.41, 5.74) is 2.99. The highest BCUT2D eigenvalue weighted by Gasteiger charge is 2.59. The lowest BCUT2D eigenvalue weighted by molar-refractivity contribution is -0.178. The van der Waals surface area contributed by atoms with Gasteiger partial charge in [-0.3, -0.25) is 4.79 Å². The molecule has 2 saturated carbocycles. The molecule has 2 aliphatic rings. The van der Waals surface area contributed by atoms with Crippen molar-refractivity contribution in [2.45, 2.75) is 118 Å². The Balaban J connectivity index is 1.86. The van der Waals surface area contributed by atoms with Gasteiger partial charge in [-0.1, -0.05) is 62.6 Å². The maximum atomic E-state index is 12.6. The van der Waals surface area contributed by atoms with Gasteiger partial charge in [-0.2, -0.15) is 0 Å². The first-order valence-electron chi connectivity index (χ1n) is 13.2. The molecule has 0 spiro atoms. The van der Waals surface area contributed by atoms with E-state index in [-0.39, 0.29) is 23.4 Å². The SMILES string of the molecule is CC(=CCCC(C)=CCCC(C)=CCCC1(O)CCC2C(C)(C)C(=O)CCC2(C)C1C)CO. The molecule has 0 saturated heterocycles. The van der Waals surface area contributed by atoms with Crippen LogP contribution in [0.25, 0.3) is 0 Å². The Morgan fingerprint density at radius 1 is 0.939 bits per heavy atom. The lowest BCUT2D eigenvalue weighted by Crippen LogP contribution is -2.59. The number of carbonyl (C=O) groups is 1. The Kier molecular flexibility index (Phi) is 9.77. The molecular formula is C30H50O3. The van der Waals surface area contributed by atoms with E-state index in [9.17, 15) is 9.90 Å². The van der Waals surface area contributed by atoms with Crippen LogP contribution in [0.1, 0.15) is 113 Å². The van der Waals surface area contributed by atoms with Crippen molar-refractivity contribution in [1.82, 2.24) is 0 Å². The molecule has 0 bridgehead atoms. The molecule has 0 aliphatic heterocycles. The molecule has 2 N–H and O–H groups in total. The number of Topliss-reactive ketones (excluding diaryl/α,β-unsaturated/α-hetero) is 1. The third-order valence-corrected chi connectivity index (χ3v) is 9.32. The molecular weight excluding hydrogens is 408 g/mol. The fraction of sp³-hybridized carbons (Fsp3) is 0.767. The third-order valence-electron chi connectivity index (χ3n) is 9.32. The van der Waals surface area contributed by atoms with Crippen LogP contribution in [0.15, 0.2) is 34.9 Å². The predicted octanol–water partition coefficient (Wildman–Crippen LogP) is 7.33. The van der Waals surface area contributed by atoms with Gasteiger partial charge >= 0.3 is 0 Å². The average Bonchev–Trinajstić information content (AvgIpc) is 2.75. The van der Waals surface area contributed by atoms with Crippen LogP contribution < -0.4 is 0 Å². The van der Waals surface area contributed by atoms with Crippen LogP contribution in [0.5, 0.6) is 0 Å². The van der Waals surface area contributed by atoms with Crippen LogP contribution in [0.2, 0.25) is 0 Å². The zero-order chi connectivity index (χ0) is 24.9. The van der Waals surface area contributed by atoms with Crippen molar-refractivity contribution in [3.05, 3.63) is 34.9 Å². The zero-order valence-electron chi connectivity index (χ0n) is 22.5. The molecule has 0 amide bonds. The normalized spacial score (nSPS) is 33.2. The highest BCUT2D eigenvalue weighted by molar-refractivity contribution is 5.85. The maximum Gasteiger partial charge on any atom is 0.138 e. The number of carbonyl (C=O) groups excluding carboxylic acids is 1. The van der Waals surface area contributed by atoms with E-state index < -0.39 is 5.60 Å². The minimum Gasteiger partial charge on any atom is -0.392 e. The van der Waals surface area contributed by atoms with Crippen LogP contribution in [-0.4, -0.2) is 28.2 Å². The van der Waals surface area contributed by atoms with Gasteiger partial charge in [0.15, 0.2) is 0 Å². The van der Waals surface area contributed by atoms with Crippen LogP contribution in [0, 0.1) is 22.7 Å². The largest absolute Gasteiger partial charge is 0.392 e. The molecule has 4 atom stereocenters. The van der Waals surface area contributed by atoms with E-state index in [1.54, 1.807) is 0 Å². The van der Waals surface area contributed by atoms with E-state index in [0.29, 0.717) is 18.1 Å². The number of allylic oxidation sites excluding steroid dienone is 5. The molecule has 3 heteroatoms. The van der Waals surface area contributed by atoms with Crippen molar-refractivity contribution in [3.63, 3.8) is 0 Å². The lowest BCUT2D eigenvalue weighted by atomic mass is 9.45. The Morgan fingerprint density at radius 3 is 2.06 bits per heavy atom. The summed E-state index contributed by atoms with van der Waals surface area (Å²) >= 11 is 0. The molecule has 2 fully saturated rings. The Labute approximate surface area is 203 Å². The quantitative estimate of drug-likeness (QED) is 0.337. The molecule has 0 heterocycles. The lowest BCUT2D eigenvalue weighted by Gasteiger charge is -2.60. The second kappa shape index (κ2) is 11.5. The first kappa shape index (κ1) is 28.1. The van der Waals surface area contributed by atoms with E-state index in [0.717, 1.165) is 63.4 Å². The van der Waals surface area contributed by atoms with Crippen LogP contribution in [0.3, 0.4) is 0 Å². The summed E-state index contributed by atoms with van der Waals surface area (Å²) in [6, 6.07) is 0. The fourth-order valence-corrected chi connectivity index (χ4v) is 6.60. The molecule has 188 valence electrons. The number of fused-ring (bicyclic) bond motifs is 1. The summed E-state index contributed by atoms with van der Waals surface area (Å²) < 4.78 is 0. The zero-order valence-corrected chi connectivity index (χ0v) is 22.5. The number of ketones is 1. The summed E-state index contributed by atoms with van der Waals surface area (Å²) in [4.78, 5) is 12.6. The molecule has 0 aromatic rings. The van der Waals surface area contributed by atoms with Gasteiger partial charge in [0.25, 0.3) is 0 Å². The number of rotatable bonds is 10. The molecule has 4 unspecified atom stereocenters.